The van der Waals surface area contributed by atoms with Gasteiger partial charge in [-0.3, -0.25) is 4.79 Å². The van der Waals surface area contributed by atoms with Crippen molar-refractivity contribution in [2.45, 2.75) is 37.5 Å². The number of carbonyl (C=O) groups excluding carboxylic acids is 1. The fraction of sp³-hybridized carbons (Fsp3) is 0.500. The molecule has 1 aliphatic rings. The van der Waals surface area contributed by atoms with E-state index in [2.05, 4.69) is 34.8 Å². The van der Waals surface area contributed by atoms with Crippen molar-refractivity contribution in [1.29, 1.82) is 0 Å². The molecule has 0 heterocycles. The highest BCUT2D eigenvalue weighted by molar-refractivity contribution is 14.1. The lowest BCUT2D eigenvalue weighted by molar-refractivity contribution is 0.0938. The average Bonchev–Trinajstić information content (AvgIpc) is 2.78. The van der Waals surface area contributed by atoms with Crippen molar-refractivity contribution in [2.75, 3.05) is 5.75 Å². The summed E-state index contributed by atoms with van der Waals surface area (Å²) >= 11 is 4.26. The van der Waals surface area contributed by atoms with E-state index in [9.17, 15) is 4.79 Å². The summed E-state index contributed by atoms with van der Waals surface area (Å²) in [6.07, 6.45) is 3.47. The summed E-state index contributed by atoms with van der Waals surface area (Å²) < 4.78 is 1.16. The molecule has 0 spiro atoms. The van der Waals surface area contributed by atoms with Crippen molar-refractivity contribution in [2.24, 2.45) is 0 Å². The van der Waals surface area contributed by atoms with E-state index in [0.717, 1.165) is 27.2 Å². The first kappa shape index (κ1) is 14.2. The van der Waals surface area contributed by atoms with Crippen LogP contribution >= 0.6 is 34.4 Å². The van der Waals surface area contributed by atoms with Gasteiger partial charge in [0.15, 0.2) is 0 Å². The highest BCUT2D eigenvalue weighted by atomic mass is 127. The van der Waals surface area contributed by atoms with E-state index in [1.165, 1.54) is 12.2 Å². The minimum absolute atomic E-state index is 0.0681. The Morgan fingerprint density at radius 1 is 1.39 bits per heavy atom. The second-order valence-corrected chi connectivity index (χ2v) is 7.39. The first-order valence-electron chi connectivity index (χ1n) is 6.37. The van der Waals surface area contributed by atoms with Gasteiger partial charge in [0.25, 0.3) is 5.91 Å². The summed E-state index contributed by atoms with van der Waals surface area (Å²) in [5.74, 6) is 1.24. The smallest absolute Gasteiger partial charge is 0.251 e. The minimum Gasteiger partial charge on any atom is -0.349 e. The molecule has 1 fully saturated rings. The van der Waals surface area contributed by atoms with Gasteiger partial charge >= 0.3 is 0 Å². The number of rotatable bonds is 4. The molecule has 2 unspecified atom stereocenters. The van der Waals surface area contributed by atoms with Crippen molar-refractivity contribution in [1.82, 2.24) is 5.32 Å². The molecule has 1 amide bonds. The molecule has 0 aliphatic heterocycles. The number of nitrogens with one attached hydrogen (secondary N) is 1. The van der Waals surface area contributed by atoms with Gasteiger partial charge in [-0.25, -0.2) is 0 Å². The molecule has 2 atom stereocenters. The minimum atomic E-state index is 0.0681. The Hall–Kier alpha value is -0.230. The lowest BCUT2D eigenvalue weighted by Crippen LogP contribution is -2.33. The topological polar surface area (TPSA) is 29.1 Å². The van der Waals surface area contributed by atoms with E-state index in [0.29, 0.717) is 6.04 Å². The maximum absolute atomic E-state index is 12.1. The summed E-state index contributed by atoms with van der Waals surface area (Å²) in [5.41, 5.74) is 0.766. The van der Waals surface area contributed by atoms with Gasteiger partial charge in [-0.05, 0) is 71.9 Å². The van der Waals surface area contributed by atoms with Crippen LogP contribution in [0.2, 0.25) is 0 Å². The predicted octanol–water partition coefficient (Wildman–Crippen LogP) is 3.70. The molecule has 1 saturated carbocycles. The Labute approximate surface area is 126 Å². The van der Waals surface area contributed by atoms with Crippen LogP contribution in [0.4, 0.5) is 0 Å². The molecular weight excluding hydrogens is 357 g/mol. The summed E-state index contributed by atoms with van der Waals surface area (Å²) in [5, 5.41) is 3.88. The first-order chi connectivity index (χ1) is 8.69. The Morgan fingerprint density at radius 2 is 2.11 bits per heavy atom. The predicted molar refractivity (Wildman–Crippen MR) is 86.2 cm³/mol. The number of halogens is 1. The third-order valence-electron chi connectivity index (χ3n) is 3.23. The summed E-state index contributed by atoms with van der Waals surface area (Å²) in [7, 11) is 0. The molecule has 1 aromatic carbocycles. The first-order valence-corrected chi connectivity index (χ1v) is 8.50. The zero-order chi connectivity index (χ0) is 13.0. The molecule has 0 saturated heterocycles. The van der Waals surface area contributed by atoms with Crippen molar-refractivity contribution in [3.05, 3.63) is 33.4 Å². The number of hydrogen-bond acceptors (Lipinski definition) is 2. The second-order valence-electron chi connectivity index (χ2n) is 4.57. The van der Waals surface area contributed by atoms with Crippen LogP contribution < -0.4 is 5.32 Å². The van der Waals surface area contributed by atoms with Gasteiger partial charge in [-0.2, -0.15) is 11.8 Å². The van der Waals surface area contributed by atoms with Gasteiger partial charge in [0.1, 0.15) is 0 Å². The molecule has 4 heteroatoms. The molecule has 0 aromatic heterocycles. The van der Waals surface area contributed by atoms with Crippen LogP contribution in [-0.2, 0) is 0 Å². The molecular formula is C14H18INOS. The number of thioether (sulfide) groups is 1. The molecule has 98 valence electrons. The van der Waals surface area contributed by atoms with Gasteiger partial charge in [-0.15, -0.1) is 0 Å². The van der Waals surface area contributed by atoms with E-state index in [-0.39, 0.29) is 5.91 Å². The van der Waals surface area contributed by atoms with Crippen LogP contribution in [-0.4, -0.2) is 23.0 Å². The van der Waals surface area contributed by atoms with E-state index in [1.807, 2.05) is 36.0 Å². The third kappa shape index (κ3) is 3.88. The average molecular weight is 375 g/mol. The van der Waals surface area contributed by atoms with Gasteiger partial charge in [-0.1, -0.05) is 6.92 Å². The number of benzene rings is 1. The zero-order valence-corrected chi connectivity index (χ0v) is 13.5. The van der Waals surface area contributed by atoms with E-state index in [1.54, 1.807) is 0 Å². The Kier molecular flexibility index (Phi) is 5.36. The number of hydrogen-bond donors (Lipinski definition) is 1. The maximum atomic E-state index is 12.1. The molecule has 2 rings (SSSR count). The summed E-state index contributed by atoms with van der Waals surface area (Å²) in [4.78, 5) is 12.1. The van der Waals surface area contributed by atoms with Crippen LogP contribution in [0.5, 0.6) is 0 Å². The number of amides is 1. The molecule has 1 aliphatic carbocycles. The van der Waals surface area contributed by atoms with Gasteiger partial charge < -0.3 is 5.32 Å². The monoisotopic (exact) mass is 375 g/mol. The van der Waals surface area contributed by atoms with Gasteiger partial charge in [0.2, 0.25) is 0 Å². The van der Waals surface area contributed by atoms with Gasteiger partial charge in [0.05, 0.1) is 0 Å². The van der Waals surface area contributed by atoms with Crippen LogP contribution in [0.25, 0.3) is 0 Å². The van der Waals surface area contributed by atoms with Crippen molar-refractivity contribution >= 4 is 40.3 Å². The van der Waals surface area contributed by atoms with Crippen LogP contribution in [0.3, 0.4) is 0 Å². The standard InChI is InChI=1S/C14H18INOS/c1-2-18-13-8-7-12(9-13)16-14(17)10-3-5-11(15)6-4-10/h3-6,12-13H,2,7-9H2,1H3,(H,16,17). The molecule has 0 bridgehead atoms. The third-order valence-corrected chi connectivity index (χ3v) is 5.18. The SMILES string of the molecule is CCSC1CCC(NC(=O)c2ccc(I)cc2)C1. The fourth-order valence-electron chi connectivity index (χ4n) is 2.33. The Morgan fingerprint density at radius 3 is 2.78 bits per heavy atom. The molecule has 2 nitrogen and oxygen atoms in total. The summed E-state index contributed by atoms with van der Waals surface area (Å²) in [6.45, 7) is 2.20. The molecule has 1 aromatic rings. The molecule has 18 heavy (non-hydrogen) atoms. The fourth-order valence-corrected chi connectivity index (χ4v) is 3.83. The zero-order valence-electron chi connectivity index (χ0n) is 10.5. The van der Waals surface area contributed by atoms with Gasteiger partial charge in [0, 0.05) is 20.4 Å². The van der Waals surface area contributed by atoms with E-state index in [4.69, 9.17) is 0 Å². The lowest BCUT2D eigenvalue weighted by Gasteiger charge is -2.13. The molecule has 0 radical (unpaired) electrons. The van der Waals surface area contributed by atoms with Crippen molar-refractivity contribution in [3.63, 3.8) is 0 Å². The number of carbonyl (C=O) groups is 1. The quantitative estimate of drug-likeness (QED) is 0.814. The lowest BCUT2D eigenvalue weighted by atomic mass is 10.2. The largest absolute Gasteiger partial charge is 0.349 e. The Bertz CT molecular complexity index is 407. The van der Waals surface area contributed by atoms with Crippen molar-refractivity contribution < 1.29 is 4.79 Å². The van der Waals surface area contributed by atoms with E-state index >= 15 is 0 Å². The highest BCUT2D eigenvalue weighted by Gasteiger charge is 2.25. The summed E-state index contributed by atoms with van der Waals surface area (Å²) in [6, 6.07) is 8.09. The maximum Gasteiger partial charge on any atom is 0.251 e. The van der Waals surface area contributed by atoms with E-state index < -0.39 is 0 Å². The second kappa shape index (κ2) is 6.80. The van der Waals surface area contributed by atoms with Crippen molar-refractivity contribution in [3.8, 4) is 0 Å². The normalized spacial score (nSPS) is 23.0. The van der Waals surface area contributed by atoms with Crippen LogP contribution in [0.1, 0.15) is 36.5 Å². The molecule has 1 N–H and O–H groups in total. The van der Waals surface area contributed by atoms with Crippen LogP contribution in [0, 0.1) is 3.57 Å². The highest BCUT2D eigenvalue weighted by Crippen LogP contribution is 2.29. The Balaban J connectivity index is 1.87. The van der Waals surface area contributed by atoms with Crippen LogP contribution in [0.15, 0.2) is 24.3 Å².